The van der Waals surface area contributed by atoms with Crippen LogP contribution in [0, 0.1) is 5.92 Å². The van der Waals surface area contributed by atoms with Gasteiger partial charge in [-0.1, -0.05) is 0 Å². The summed E-state index contributed by atoms with van der Waals surface area (Å²) in [6, 6.07) is -1.73. The van der Waals surface area contributed by atoms with Gasteiger partial charge in [-0.05, 0) is 0 Å². The fourth-order valence-corrected chi connectivity index (χ4v) is 3.31. The van der Waals surface area contributed by atoms with E-state index in [1.54, 1.807) is 0 Å². The summed E-state index contributed by atoms with van der Waals surface area (Å²) in [5, 5.41) is 11.7. The van der Waals surface area contributed by atoms with E-state index >= 15 is 0 Å². The molecule has 2 aliphatic rings. The first-order valence-corrected chi connectivity index (χ1v) is 8.44. The molecule has 2 amide bonds. The lowest BCUT2D eigenvalue weighted by atomic mass is 10.1. The van der Waals surface area contributed by atoms with Gasteiger partial charge in [-0.3, -0.25) is 19.6 Å². The SMILES string of the molecule is Cl.O=C(NCC(N1CCNCC1)C(F)(F)F)C1CC(=O)N(c2cn[nH]c2)C1. The molecule has 0 aliphatic carbocycles. The molecule has 0 spiro atoms. The monoisotopic (exact) mass is 410 g/mol. The maximum Gasteiger partial charge on any atom is 0.405 e. The maximum atomic E-state index is 13.4. The molecule has 152 valence electrons. The van der Waals surface area contributed by atoms with Crippen molar-refractivity contribution >= 4 is 29.9 Å². The number of halogens is 4. The van der Waals surface area contributed by atoms with Crippen molar-refractivity contribution in [2.75, 3.05) is 44.2 Å². The smallest absolute Gasteiger partial charge is 0.354 e. The van der Waals surface area contributed by atoms with Gasteiger partial charge >= 0.3 is 6.18 Å². The molecular formula is C15H22ClF3N6O2. The molecule has 3 heterocycles. The summed E-state index contributed by atoms with van der Waals surface area (Å²) in [5.41, 5.74) is 0.541. The number of hydrogen-bond acceptors (Lipinski definition) is 5. The van der Waals surface area contributed by atoms with Gasteiger partial charge in [0.1, 0.15) is 6.04 Å². The zero-order valence-corrected chi connectivity index (χ0v) is 15.3. The lowest BCUT2D eigenvalue weighted by Crippen LogP contribution is -2.57. The second-order valence-electron chi connectivity index (χ2n) is 6.45. The van der Waals surface area contributed by atoms with Crippen LogP contribution in [0.3, 0.4) is 0 Å². The molecule has 27 heavy (non-hydrogen) atoms. The van der Waals surface area contributed by atoms with Crippen molar-refractivity contribution in [1.29, 1.82) is 0 Å². The minimum atomic E-state index is -4.43. The minimum absolute atomic E-state index is 0. The Morgan fingerprint density at radius 1 is 1.37 bits per heavy atom. The molecule has 8 nitrogen and oxygen atoms in total. The number of carbonyl (C=O) groups excluding carboxylic acids is 2. The van der Waals surface area contributed by atoms with Gasteiger partial charge in [0.15, 0.2) is 0 Å². The first kappa shape index (κ1) is 21.5. The van der Waals surface area contributed by atoms with E-state index in [0.29, 0.717) is 18.8 Å². The van der Waals surface area contributed by atoms with Crippen LogP contribution >= 0.6 is 12.4 Å². The van der Waals surface area contributed by atoms with Gasteiger partial charge in [-0.15, -0.1) is 12.4 Å². The Kier molecular flexibility index (Phi) is 7.06. The average molecular weight is 411 g/mol. The predicted octanol–water partition coefficient (Wildman–Crippen LogP) is 0.137. The van der Waals surface area contributed by atoms with Crippen LogP contribution in [-0.2, 0) is 9.59 Å². The third kappa shape index (κ3) is 5.11. The molecule has 2 atom stereocenters. The molecule has 3 N–H and O–H groups in total. The molecule has 2 saturated heterocycles. The van der Waals surface area contributed by atoms with E-state index < -0.39 is 30.6 Å². The molecule has 12 heteroatoms. The van der Waals surface area contributed by atoms with Gasteiger partial charge in [0.25, 0.3) is 0 Å². The number of hydrogen-bond donors (Lipinski definition) is 3. The number of aromatic nitrogens is 2. The highest BCUT2D eigenvalue weighted by Gasteiger charge is 2.44. The Bertz CT molecular complexity index is 636. The predicted molar refractivity (Wildman–Crippen MR) is 93.6 cm³/mol. The highest BCUT2D eigenvalue weighted by atomic mass is 35.5. The van der Waals surface area contributed by atoms with E-state index in [9.17, 15) is 22.8 Å². The average Bonchev–Trinajstić information content (AvgIpc) is 3.24. The van der Waals surface area contributed by atoms with Gasteiger partial charge in [0.05, 0.1) is 17.8 Å². The molecule has 0 bridgehead atoms. The van der Waals surface area contributed by atoms with Gasteiger partial charge in [-0.25, -0.2) is 0 Å². The van der Waals surface area contributed by atoms with Crippen molar-refractivity contribution in [3.63, 3.8) is 0 Å². The van der Waals surface area contributed by atoms with E-state index in [1.165, 1.54) is 22.2 Å². The van der Waals surface area contributed by atoms with Crippen molar-refractivity contribution < 1.29 is 22.8 Å². The fraction of sp³-hybridized carbons (Fsp3) is 0.667. The molecule has 2 aliphatic heterocycles. The summed E-state index contributed by atoms with van der Waals surface area (Å²) in [4.78, 5) is 27.1. The zero-order valence-electron chi connectivity index (χ0n) is 14.5. The molecule has 3 rings (SSSR count). The van der Waals surface area contributed by atoms with E-state index in [4.69, 9.17) is 0 Å². The van der Waals surface area contributed by atoms with Crippen LogP contribution in [0.4, 0.5) is 18.9 Å². The van der Waals surface area contributed by atoms with Gasteiger partial charge in [0.2, 0.25) is 11.8 Å². The first-order valence-electron chi connectivity index (χ1n) is 8.44. The zero-order chi connectivity index (χ0) is 18.7. The molecule has 2 unspecified atom stereocenters. The van der Waals surface area contributed by atoms with Crippen LogP contribution in [-0.4, -0.2) is 78.4 Å². The first-order chi connectivity index (χ1) is 12.4. The summed E-state index contributed by atoms with van der Waals surface area (Å²) in [6.07, 6.45) is -1.47. The maximum absolute atomic E-state index is 13.4. The fourth-order valence-electron chi connectivity index (χ4n) is 3.31. The van der Waals surface area contributed by atoms with E-state index in [0.717, 1.165) is 0 Å². The number of alkyl halides is 3. The molecule has 0 aromatic carbocycles. The standard InChI is InChI=1S/C15H21F3N6O2.ClH/c16-15(17,18)12(23-3-1-19-2-4-23)8-20-14(26)10-5-13(25)24(9-10)11-6-21-22-7-11;/h6-7,10,12,19H,1-5,8-9H2,(H,20,26)(H,21,22);1H. The number of nitrogens with one attached hydrogen (secondary N) is 3. The normalized spacial score (nSPS) is 22.4. The number of rotatable bonds is 5. The quantitative estimate of drug-likeness (QED) is 0.642. The Labute approximate surface area is 160 Å². The number of aromatic amines is 1. The van der Waals surface area contributed by atoms with E-state index in [1.807, 2.05) is 0 Å². The Morgan fingerprint density at radius 2 is 2.07 bits per heavy atom. The second-order valence-corrected chi connectivity index (χ2v) is 6.45. The summed E-state index contributed by atoms with van der Waals surface area (Å²) in [6.45, 7) is 1.13. The van der Waals surface area contributed by atoms with Crippen molar-refractivity contribution in [2.45, 2.75) is 18.6 Å². The summed E-state index contributed by atoms with van der Waals surface area (Å²) in [5.74, 6) is -1.45. The van der Waals surface area contributed by atoms with E-state index in [2.05, 4.69) is 20.8 Å². The van der Waals surface area contributed by atoms with Crippen molar-refractivity contribution in [3.05, 3.63) is 12.4 Å². The number of carbonyl (C=O) groups is 2. The lowest BCUT2D eigenvalue weighted by molar-refractivity contribution is -0.184. The Balaban J connectivity index is 0.00000261. The summed E-state index contributed by atoms with van der Waals surface area (Å²) in [7, 11) is 0. The van der Waals surface area contributed by atoms with E-state index in [-0.39, 0.29) is 44.4 Å². The van der Waals surface area contributed by atoms with Crippen LogP contribution in [0.15, 0.2) is 12.4 Å². The molecule has 0 radical (unpaired) electrons. The third-order valence-electron chi connectivity index (χ3n) is 4.73. The number of anilines is 1. The number of amides is 2. The number of nitrogens with zero attached hydrogens (tertiary/aromatic N) is 3. The molecule has 1 aromatic heterocycles. The number of piperazine rings is 1. The van der Waals surface area contributed by atoms with Gasteiger partial charge in [-0.2, -0.15) is 18.3 Å². The van der Waals surface area contributed by atoms with Gasteiger partial charge in [0, 0.05) is 51.9 Å². The van der Waals surface area contributed by atoms with Crippen LogP contribution in [0.1, 0.15) is 6.42 Å². The minimum Gasteiger partial charge on any atom is -0.354 e. The molecule has 1 aromatic rings. The summed E-state index contributed by atoms with van der Waals surface area (Å²) >= 11 is 0. The Hall–Kier alpha value is -1.85. The molecule has 0 saturated carbocycles. The van der Waals surface area contributed by atoms with Crippen molar-refractivity contribution in [2.24, 2.45) is 5.92 Å². The topological polar surface area (TPSA) is 93.4 Å². The second kappa shape index (κ2) is 8.89. The largest absolute Gasteiger partial charge is 0.405 e. The summed E-state index contributed by atoms with van der Waals surface area (Å²) < 4.78 is 40.1. The van der Waals surface area contributed by atoms with Crippen molar-refractivity contribution in [1.82, 2.24) is 25.7 Å². The van der Waals surface area contributed by atoms with Crippen LogP contribution in [0.2, 0.25) is 0 Å². The number of H-pyrrole nitrogens is 1. The lowest BCUT2D eigenvalue weighted by Gasteiger charge is -2.36. The highest BCUT2D eigenvalue weighted by Crippen LogP contribution is 2.26. The van der Waals surface area contributed by atoms with Crippen LogP contribution in [0.25, 0.3) is 0 Å². The molecular weight excluding hydrogens is 389 g/mol. The molecule has 2 fully saturated rings. The van der Waals surface area contributed by atoms with Crippen LogP contribution < -0.4 is 15.5 Å². The Morgan fingerprint density at radius 3 is 2.67 bits per heavy atom. The highest BCUT2D eigenvalue weighted by molar-refractivity contribution is 6.00. The van der Waals surface area contributed by atoms with Crippen LogP contribution in [0.5, 0.6) is 0 Å². The van der Waals surface area contributed by atoms with Gasteiger partial charge < -0.3 is 15.5 Å². The third-order valence-corrected chi connectivity index (χ3v) is 4.73. The van der Waals surface area contributed by atoms with Crippen molar-refractivity contribution in [3.8, 4) is 0 Å².